The van der Waals surface area contributed by atoms with Crippen LogP contribution in [0, 0.1) is 0 Å². The fourth-order valence-electron chi connectivity index (χ4n) is 2.96. The van der Waals surface area contributed by atoms with Crippen molar-refractivity contribution >= 4 is 23.6 Å². The number of nitrogens with zero attached hydrogens (tertiary/aromatic N) is 2. The third-order valence-corrected chi connectivity index (χ3v) is 5.62. The van der Waals surface area contributed by atoms with Crippen molar-refractivity contribution in [1.29, 1.82) is 0 Å². The third-order valence-electron chi connectivity index (χ3n) is 4.37. The van der Waals surface area contributed by atoms with E-state index in [-0.39, 0.29) is 17.2 Å². The molecule has 2 amide bonds. The summed E-state index contributed by atoms with van der Waals surface area (Å²) in [5, 5.41) is -0.0461. The number of amides is 2. The molecule has 1 aromatic heterocycles. The molecule has 2 aromatic rings. The Morgan fingerprint density at radius 2 is 1.96 bits per heavy atom. The Morgan fingerprint density at radius 1 is 1.24 bits per heavy atom. The topological polar surface area (TPSA) is 53.8 Å². The maximum Gasteiger partial charge on any atom is 0.253 e. The average molecular weight is 358 g/mol. The first-order valence-electron chi connectivity index (χ1n) is 8.46. The zero-order valence-corrected chi connectivity index (χ0v) is 15.3. The minimum atomic E-state index is -0.0461. The van der Waals surface area contributed by atoms with Gasteiger partial charge in [-0.3, -0.25) is 9.59 Å². The summed E-state index contributed by atoms with van der Waals surface area (Å²) in [5.74, 6) is 1.38. The summed E-state index contributed by atoms with van der Waals surface area (Å²) in [4.78, 5) is 28.3. The molecule has 1 aliphatic rings. The molecule has 0 spiro atoms. The van der Waals surface area contributed by atoms with Gasteiger partial charge in [0.1, 0.15) is 11.1 Å². The Morgan fingerprint density at radius 3 is 2.56 bits per heavy atom. The van der Waals surface area contributed by atoms with Crippen LogP contribution >= 0.6 is 11.8 Å². The lowest BCUT2D eigenvalue weighted by Gasteiger charge is -2.24. The van der Waals surface area contributed by atoms with Gasteiger partial charge < -0.3 is 14.2 Å². The summed E-state index contributed by atoms with van der Waals surface area (Å²) >= 11 is 1.60. The highest BCUT2D eigenvalue weighted by Gasteiger charge is 2.33. The zero-order chi connectivity index (χ0) is 17.8. The first-order valence-corrected chi connectivity index (χ1v) is 9.51. The van der Waals surface area contributed by atoms with Gasteiger partial charge >= 0.3 is 0 Å². The van der Waals surface area contributed by atoms with Gasteiger partial charge in [-0.25, -0.2) is 0 Å². The van der Waals surface area contributed by atoms with Gasteiger partial charge in [0.05, 0.1) is 18.6 Å². The maximum absolute atomic E-state index is 12.4. The molecule has 6 heteroatoms. The van der Waals surface area contributed by atoms with Gasteiger partial charge in [-0.05, 0) is 43.7 Å². The van der Waals surface area contributed by atoms with E-state index in [1.807, 2.05) is 55.1 Å². The summed E-state index contributed by atoms with van der Waals surface area (Å²) in [6, 6.07) is 11.3. The van der Waals surface area contributed by atoms with Crippen LogP contribution in [0.5, 0.6) is 0 Å². The maximum atomic E-state index is 12.4. The van der Waals surface area contributed by atoms with Crippen LogP contribution in [0.2, 0.25) is 0 Å². The highest BCUT2D eigenvalue weighted by molar-refractivity contribution is 8.00. The second-order valence-electron chi connectivity index (χ2n) is 5.86. The number of furan rings is 1. The molecule has 1 fully saturated rings. The fraction of sp³-hybridized carbons (Fsp3) is 0.368. The molecular formula is C19H22N2O3S. The number of rotatable bonds is 6. The molecular weight excluding hydrogens is 336 g/mol. The largest absolute Gasteiger partial charge is 0.467 e. The van der Waals surface area contributed by atoms with Crippen molar-refractivity contribution in [2.45, 2.75) is 25.8 Å². The van der Waals surface area contributed by atoms with E-state index in [1.165, 1.54) is 0 Å². The first-order chi connectivity index (χ1) is 12.1. The fourth-order valence-corrected chi connectivity index (χ4v) is 4.14. The average Bonchev–Trinajstić information content (AvgIpc) is 3.27. The second kappa shape index (κ2) is 7.78. The lowest BCUT2D eigenvalue weighted by molar-refractivity contribution is -0.128. The highest BCUT2D eigenvalue weighted by Crippen LogP contribution is 2.39. The molecule has 1 aliphatic heterocycles. The second-order valence-corrected chi connectivity index (χ2v) is 6.93. The van der Waals surface area contributed by atoms with Crippen LogP contribution in [-0.2, 0) is 11.3 Å². The number of carbonyl (C=O) groups excluding carboxylic acids is 2. The SMILES string of the molecule is CCN(CC)C(=O)c1ccc([C@H]2SCC(=O)N2Cc2ccco2)cc1. The third kappa shape index (κ3) is 3.74. The van der Waals surface area contributed by atoms with Gasteiger partial charge in [-0.2, -0.15) is 0 Å². The molecule has 0 saturated carbocycles. The highest BCUT2D eigenvalue weighted by atomic mass is 32.2. The molecule has 3 rings (SSSR count). The predicted molar refractivity (Wildman–Crippen MR) is 98.2 cm³/mol. The van der Waals surface area contributed by atoms with Crippen LogP contribution in [0.1, 0.15) is 40.9 Å². The van der Waals surface area contributed by atoms with Crippen molar-refractivity contribution in [2.75, 3.05) is 18.8 Å². The van der Waals surface area contributed by atoms with Crippen molar-refractivity contribution in [3.05, 3.63) is 59.5 Å². The van der Waals surface area contributed by atoms with Crippen molar-refractivity contribution in [2.24, 2.45) is 0 Å². The summed E-state index contributed by atoms with van der Waals surface area (Å²) in [5.41, 5.74) is 1.71. The van der Waals surface area contributed by atoms with E-state index >= 15 is 0 Å². The van der Waals surface area contributed by atoms with E-state index in [4.69, 9.17) is 4.42 Å². The van der Waals surface area contributed by atoms with E-state index < -0.39 is 0 Å². The molecule has 1 aromatic carbocycles. The molecule has 132 valence electrons. The minimum absolute atomic E-state index is 0.0409. The normalized spacial score (nSPS) is 17.1. The Bertz CT molecular complexity index is 724. The monoisotopic (exact) mass is 358 g/mol. The Kier molecular flexibility index (Phi) is 5.48. The molecule has 0 aliphatic carbocycles. The van der Waals surface area contributed by atoms with Gasteiger partial charge in [-0.1, -0.05) is 12.1 Å². The van der Waals surface area contributed by atoms with Crippen LogP contribution in [0.3, 0.4) is 0 Å². The van der Waals surface area contributed by atoms with Crippen molar-refractivity contribution in [3.63, 3.8) is 0 Å². The van der Waals surface area contributed by atoms with Crippen molar-refractivity contribution in [1.82, 2.24) is 9.80 Å². The molecule has 25 heavy (non-hydrogen) atoms. The molecule has 0 N–H and O–H groups in total. The molecule has 0 radical (unpaired) electrons. The van der Waals surface area contributed by atoms with Crippen LogP contribution < -0.4 is 0 Å². The molecule has 2 heterocycles. The molecule has 1 atom stereocenters. The minimum Gasteiger partial charge on any atom is -0.467 e. The van der Waals surface area contributed by atoms with E-state index in [2.05, 4.69) is 0 Å². The summed E-state index contributed by atoms with van der Waals surface area (Å²) in [6.45, 7) is 5.80. The van der Waals surface area contributed by atoms with E-state index in [0.29, 0.717) is 31.0 Å². The zero-order valence-electron chi connectivity index (χ0n) is 14.5. The van der Waals surface area contributed by atoms with Gasteiger partial charge in [0.25, 0.3) is 5.91 Å². The van der Waals surface area contributed by atoms with Gasteiger partial charge in [-0.15, -0.1) is 11.8 Å². The number of hydrogen-bond donors (Lipinski definition) is 0. The lowest BCUT2D eigenvalue weighted by Crippen LogP contribution is -2.30. The van der Waals surface area contributed by atoms with Crippen LogP contribution in [-0.4, -0.2) is 40.5 Å². The van der Waals surface area contributed by atoms with Gasteiger partial charge in [0, 0.05) is 18.7 Å². The number of thioether (sulfide) groups is 1. The summed E-state index contributed by atoms with van der Waals surface area (Å²) < 4.78 is 5.38. The summed E-state index contributed by atoms with van der Waals surface area (Å²) in [7, 11) is 0. The number of carbonyl (C=O) groups is 2. The first kappa shape index (κ1) is 17.6. The van der Waals surface area contributed by atoms with Gasteiger partial charge in [0.2, 0.25) is 5.91 Å². The Balaban J connectivity index is 1.76. The van der Waals surface area contributed by atoms with Crippen molar-refractivity contribution < 1.29 is 14.0 Å². The van der Waals surface area contributed by atoms with Crippen LogP contribution in [0.25, 0.3) is 0 Å². The Labute approximate surface area is 152 Å². The van der Waals surface area contributed by atoms with E-state index in [0.717, 1.165) is 11.3 Å². The summed E-state index contributed by atoms with van der Waals surface area (Å²) in [6.07, 6.45) is 1.62. The number of hydrogen-bond acceptors (Lipinski definition) is 4. The van der Waals surface area contributed by atoms with E-state index in [1.54, 1.807) is 22.9 Å². The molecule has 0 bridgehead atoms. The smallest absolute Gasteiger partial charge is 0.253 e. The van der Waals surface area contributed by atoms with Crippen LogP contribution in [0.15, 0.2) is 47.1 Å². The lowest BCUT2D eigenvalue weighted by atomic mass is 10.1. The number of benzene rings is 1. The molecule has 1 saturated heterocycles. The van der Waals surface area contributed by atoms with Crippen molar-refractivity contribution in [3.8, 4) is 0 Å². The predicted octanol–water partition coefficient (Wildman–Crippen LogP) is 3.54. The van der Waals surface area contributed by atoms with Crippen LogP contribution in [0.4, 0.5) is 0 Å². The molecule has 0 unspecified atom stereocenters. The Hall–Kier alpha value is -2.21. The quantitative estimate of drug-likeness (QED) is 0.793. The molecule has 5 nitrogen and oxygen atoms in total. The van der Waals surface area contributed by atoms with Gasteiger partial charge in [0.15, 0.2) is 0 Å². The van der Waals surface area contributed by atoms with E-state index in [9.17, 15) is 9.59 Å². The standard InChI is InChI=1S/C19H22N2O3S/c1-3-20(4-2)18(23)14-7-9-15(10-8-14)19-21(17(22)13-25-19)12-16-6-5-11-24-16/h5-11,19H,3-4,12-13H2,1-2H3/t19-/m1/s1.